The van der Waals surface area contributed by atoms with Crippen molar-refractivity contribution in [1.29, 1.82) is 0 Å². The number of rotatable bonds is 7. The molecule has 0 aliphatic carbocycles. The Balaban J connectivity index is 1.66. The van der Waals surface area contributed by atoms with Gasteiger partial charge in [0.25, 0.3) is 0 Å². The fraction of sp³-hybridized carbons (Fsp3) is 0.353. The molecular formula is C17H22N2O3. The lowest BCUT2D eigenvalue weighted by Crippen LogP contribution is -2.46. The molecule has 2 aromatic rings. The fourth-order valence-electron chi connectivity index (χ4n) is 2.15. The van der Waals surface area contributed by atoms with Gasteiger partial charge in [-0.25, -0.2) is 4.79 Å². The molecule has 1 heterocycles. The largest absolute Gasteiger partial charge is 0.469 e. The standard InChI is InChI=1S/C17H22N2O3/c1-17(21,12-15-8-5-11-22-15)13-19-16(20)18-10-9-14-6-3-2-4-7-14/h2-8,11,21H,9-10,12-13H2,1H3,(H2,18,19,20). The van der Waals surface area contributed by atoms with E-state index in [0.717, 1.165) is 6.42 Å². The smallest absolute Gasteiger partial charge is 0.314 e. The van der Waals surface area contributed by atoms with Crippen LogP contribution in [-0.4, -0.2) is 29.8 Å². The molecule has 5 nitrogen and oxygen atoms in total. The maximum Gasteiger partial charge on any atom is 0.314 e. The van der Waals surface area contributed by atoms with E-state index in [1.807, 2.05) is 30.3 Å². The van der Waals surface area contributed by atoms with E-state index in [9.17, 15) is 9.90 Å². The topological polar surface area (TPSA) is 74.5 Å². The lowest BCUT2D eigenvalue weighted by molar-refractivity contribution is 0.0572. The van der Waals surface area contributed by atoms with E-state index in [0.29, 0.717) is 18.7 Å². The zero-order valence-electron chi connectivity index (χ0n) is 12.7. The highest BCUT2D eigenvalue weighted by molar-refractivity contribution is 5.73. The van der Waals surface area contributed by atoms with Crippen LogP contribution in [0.5, 0.6) is 0 Å². The summed E-state index contributed by atoms with van der Waals surface area (Å²) in [6.45, 7) is 2.38. The third-order valence-corrected chi connectivity index (χ3v) is 3.31. The lowest BCUT2D eigenvalue weighted by Gasteiger charge is -2.22. The van der Waals surface area contributed by atoms with E-state index >= 15 is 0 Å². The van der Waals surface area contributed by atoms with Gasteiger partial charge < -0.3 is 20.2 Å². The van der Waals surface area contributed by atoms with Gasteiger partial charge in [-0.05, 0) is 31.0 Å². The molecule has 118 valence electrons. The predicted octanol–water partition coefficient (Wildman–Crippen LogP) is 2.11. The van der Waals surface area contributed by atoms with Crippen LogP contribution in [0.2, 0.25) is 0 Å². The third kappa shape index (κ3) is 5.61. The van der Waals surface area contributed by atoms with E-state index in [1.54, 1.807) is 25.3 Å². The highest BCUT2D eigenvalue weighted by Gasteiger charge is 2.23. The Hall–Kier alpha value is -2.27. The van der Waals surface area contributed by atoms with Crippen LogP contribution >= 0.6 is 0 Å². The summed E-state index contributed by atoms with van der Waals surface area (Å²) in [5.74, 6) is 0.691. The molecular weight excluding hydrogens is 280 g/mol. The summed E-state index contributed by atoms with van der Waals surface area (Å²) < 4.78 is 5.20. The molecule has 0 fully saturated rings. The van der Waals surface area contributed by atoms with Gasteiger partial charge in [-0.1, -0.05) is 30.3 Å². The number of furan rings is 1. The third-order valence-electron chi connectivity index (χ3n) is 3.31. The first-order chi connectivity index (χ1) is 10.6. The molecule has 0 saturated carbocycles. The summed E-state index contributed by atoms with van der Waals surface area (Å²) in [5, 5.41) is 15.7. The lowest BCUT2D eigenvalue weighted by atomic mass is 10.0. The summed E-state index contributed by atoms with van der Waals surface area (Å²) in [5.41, 5.74) is 0.127. The predicted molar refractivity (Wildman–Crippen MR) is 84.6 cm³/mol. The average Bonchev–Trinajstić information content (AvgIpc) is 2.99. The summed E-state index contributed by atoms with van der Waals surface area (Å²) in [7, 11) is 0. The first-order valence-corrected chi connectivity index (χ1v) is 7.35. The van der Waals surface area contributed by atoms with Gasteiger partial charge in [-0.15, -0.1) is 0 Å². The van der Waals surface area contributed by atoms with Crippen LogP contribution in [-0.2, 0) is 12.8 Å². The maximum atomic E-state index is 11.7. The molecule has 3 N–H and O–H groups in total. The van der Waals surface area contributed by atoms with E-state index in [1.165, 1.54) is 5.56 Å². The second kappa shape index (κ2) is 7.66. The van der Waals surface area contributed by atoms with Gasteiger partial charge in [-0.3, -0.25) is 0 Å². The zero-order valence-corrected chi connectivity index (χ0v) is 12.7. The Morgan fingerprint density at radius 3 is 2.64 bits per heavy atom. The van der Waals surface area contributed by atoms with Gasteiger partial charge in [0.15, 0.2) is 0 Å². The molecule has 0 radical (unpaired) electrons. The summed E-state index contributed by atoms with van der Waals surface area (Å²) in [4.78, 5) is 11.7. The second-order valence-electron chi connectivity index (χ2n) is 5.60. The number of amides is 2. The SMILES string of the molecule is CC(O)(CNC(=O)NCCc1ccccc1)Cc1ccco1. The van der Waals surface area contributed by atoms with Crippen LogP contribution in [0.3, 0.4) is 0 Å². The first kappa shape index (κ1) is 16.1. The van der Waals surface area contributed by atoms with Crippen LogP contribution in [0.25, 0.3) is 0 Å². The van der Waals surface area contributed by atoms with Crippen molar-refractivity contribution in [2.75, 3.05) is 13.1 Å². The summed E-state index contributed by atoms with van der Waals surface area (Å²) in [6, 6.07) is 13.2. The molecule has 1 aromatic heterocycles. The van der Waals surface area contributed by atoms with Gasteiger partial charge in [0.05, 0.1) is 11.9 Å². The number of nitrogens with one attached hydrogen (secondary N) is 2. The van der Waals surface area contributed by atoms with Gasteiger partial charge in [0, 0.05) is 19.5 Å². The van der Waals surface area contributed by atoms with Crippen molar-refractivity contribution in [3.8, 4) is 0 Å². The minimum absolute atomic E-state index is 0.158. The molecule has 22 heavy (non-hydrogen) atoms. The second-order valence-corrected chi connectivity index (χ2v) is 5.60. The Morgan fingerprint density at radius 1 is 1.18 bits per heavy atom. The maximum absolute atomic E-state index is 11.7. The number of hydrogen-bond donors (Lipinski definition) is 3. The van der Waals surface area contributed by atoms with Crippen LogP contribution in [0.15, 0.2) is 53.1 Å². The number of aliphatic hydroxyl groups is 1. The number of urea groups is 1. The Labute approximate surface area is 130 Å². The van der Waals surface area contributed by atoms with Crippen LogP contribution in [0.4, 0.5) is 4.79 Å². The van der Waals surface area contributed by atoms with Crippen LogP contribution < -0.4 is 10.6 Å². The molecule has 2 amide bonds. The van der Waals surface area contributed by atoms with E-state index in [-0.39, 0.29) is 12.6 Å². The summed E-state index contributed by atoms with van der Waals surface area (Å²) in [6.07, 6.45) is 2.69. The zero-order chi connectivity index (χ0) is 15.8. The molecule has 2 rings (SSSR count). The van der Waals surface area contributed by atoms with Crippen molar-refractivity contribution >= 4 is 6.03 Å². The molecule has 1 aromatic carbocycles. The normalized spacial score (nSPS) is 13.4. The van der Waals surface area contributed by atoms with Crippen molar-refractivity contribution in [2.24, 2.45) is 0 Å². The minimum Gasteiger partial charge on any atom is -0.469 e. The molecule has 1 atom stereocenters. The Morgan fingerprint density at radius 2 is 1.95 bits per heavy atom. The van der Waals surface area contributed by atoms with E-state index in [2.05, 4.69) is 10.6 Å². The fourth-order valence-corrected chi connectivity index (χ4v) is 2.15. The average molecular weight is 302 g/mol. The van der Waals surface area contributed by atoms with Crippen LogP contribution in [0, 0.1) is 0 Å². The van der Waals surface area contributed by atoms with Crippen LogP contribution in [0.1, 0.15) is 18.2 Å². The molecule has 0 saturated heterocycles. The number of hydrogen-bond acceptors (Lipinski definition) is 3. The van der Waals surface area contributed by atoms with Crippen molar-refractivity contribution in [1.82, 2.24) is 10.6 Å². The molecule has 5 heteroatoms. The highest BCUT2D eigenvalue weighted by atomic mass is 16.3. The summed E-state index contributed by atoms with van der Waals surface area (Å²) >= 11 is 0. The molecule has 1 unspecified atom stereocenters. The van der Waals surface area contributed by atoms with Gasteiger partial charge in [-0.2, -0.15) is 0 Å². The molecule has 0 aliphatic rings. The molecule has 0 aliphatic heterocycles. The van der Waals surface area contributed by atoms with E-state index < -0.39 is 5.60 Å². The van der Waals surface area contributed by atoms with Crippen molar-refractivity contribution in [3.63, 3.8) is 0 Å². The minimum atomic E-state index is -1.05. The highest BCUT2D eigenvalue weighted by Crippen LogP contribution is 2.12. The van der Waals surface area contributed by atoms with Crippen molar-refractivity contribution in [3.05, 3.63) is 60.1 Å². The Bertz CT molecular complexity index is 565. The van der Waals surface area contributed by atoms with E-state index in [4.69, 9.17) is 4.42 Å². The van der Waals surface area contributed by atoms with Crippen molar-refractivity contribution < 1.29 is 14.3 Å². The van der Waals surface area contributed by atoms with Gasteiger partial charge >= 0.3 is 6.03 Å². The quantitative estimate of drug-likeness (QED) is 0.733. The van der Waals surface area contributed by atoms with Gasteiger partial charge in [0.1, 0.15) is 5.76 Å². The number of carbonyl (C=O) groups excluding carboxylic acids is 1. The number of benzene rings is 1. The monoisotopic (exact) mass is 302 g/mol. The van der Waals surface area contributed by atoms with Gasteiger partial charge in [0.2, 0.25) is 0 Å². The van der Waals surface area contributed by atoms with Crippen molar-refractivity contribution in [2.45, 2.75) is 25.4 Å². The Kier molecular flexibility index (Phi) is 5.61. The molecule has 0 bridgehead atoms. The first-order valence-electron chi connectivity index (χ1n) is 7.35. The molecule has 0 spiro atoms. The number of carbonyl (C=O) groups is 1.